The molecule has 1 unspecified atom stereocenters. The van der Waals surface area contributed by atoms with Crippen molar-refractivity contribution in [3.8, 4) is 0 Å². The lowest BCUT2D eigenvalue weighted by molar-refractivity contribution is 0.198. The predicted molar refractivity (Wildman–Crippen MR) is 53.2 cm³/mol. The van der Waals surface area contributed by atoms with Crippen LogP contribution in [0.15, 0.2) is 0 Å². The van der Waals surface area contributed by atoms with Gasteiger partial charge in [-0.2, -0.15) is 0 Å². The fourth-order valence-corrected chi connectivity index (χ4v) is 3.31. The molecule has 86 valence electrons. The molecule has 1 atom stereocenters. The molecule has 0 aromatic carbocycles. The minimum atomic E-state index is -3.60. The highest BCUT2D eigenvalue weighted by Crippen LogP contribution is 1.90. The van der Waals surface area contributed by atoms with Gasteiger partial charge in [0.1, 0.15) is 9.84 Å². The topological polar surface area (TPSA) is 101 Å². The Labute approximate surface area is 84.3 Å². The van der Waals surface area contributed by atoms with Crippen LogP contribution in [0.25, 0.3) is 0 Å². The molecule has 0 aromatic heterocycles. The van der Waals surface area contributed by atoms with Gasteiger partial charge in [0, 0.05) is 12.8 Å². The summed E-state index contributed by atoms with van der Waals surface area (Å²) in [4.78, 5) is 0. The SMILES string of the molecule is CC(O)CNS(=O)(=O)CCS(C)(=O)=O. The third-order valence-electron chi connectivity index (χ3n) is 1.32. The van der Waals surface area contributed by atoms with Crippen molar-refractivity contribution in [2.45, 2.75) is 13.0 Å². The zero-order valence-electron chi connectivity index (χ0n) is 8.10. The van der Waals surface area contributed by atoms with Gasteiger partial charge in [-0.3, -0.25) is 0 Å². The Morgan fingerprint density at radius 3 is 2.07 bits per heavy atom. The van der Waals surface area contributed by atoms with E-state index in [-0.39, 0.29) is 6.54 Å². The highest BCUT2D eigenvalue weighted by Gasteiger charge is 2.14. The zero-order valence-corrected chi connectivity index (χ0v) is 9.73. The lowest BCUT2D eigenvalue weighted by Crippen LogP contribution is -2.34. The summed E-state index contributed by atoms with van der Waals surface area (Å²) in [7, 11) is -6.88. The molecule has 8 heteroatoms. The summed E-state index contributed by atoms with van der Waals surface area (Å²) in [6.07, 6.45) is 0.181. The molecule has 0 amide bonds. The van der Waals surface area contributed by atoms with E-state index >= 15 is 0 Å². The van der Waals surface area contributed by atoms with E-state index in [1.165, 1.54) is 6.92 Å². The van der Waals surface area contributed by atoms with Crippen LogP contribution < -0.4 is 4.72 Å². The number of hydrogen-bond donors (Lipinski definition) is 2. The molecule has 0 spiro atoms. The number of nitrogens with one attached hydrogen (secondary N) is 1. The van der Waals surface area contributed by atoms with Crippen LogP contribution in [0.3, 0.4) is 0 Å². The minimum Gasteiger partial charge on any atom is -0.392 e. The molecule has 0 heterocycles. The Kier molecular flexibility index (Phi) is 4.99. The van der Waals surface area contributed by atoms with Crippen LogP contribution in [0, 0.1) is 0 Å². The molecule has 6 nitrogen and oxygen atoms in total. The summed E-state index contributed by atoms with van der Waals surface area (Å²) in [5.74, 6) is -0.888. The first kappa shape index (κ1) is 13.8. The Morgan fingerprint density at radius 1 is 1.21 bits per heavy atom. The molecule has 0 aromatic rings. The smallest absolute Gasteiger partial charge is 0.212 e. The second-order valence-corrected chi connectivity index (χ2v) is 7.33. The van der Waals surface area contributed by atoms with Crippen LogP contribution in [0.5, 0.6) is 0 Å². The number of hydrogen-bond acceptors (Lipinski definition) is 5. The van der Waals surface area contributed by atoms with Gasteiger partial charge in [0.2, 0.25) is 10.0 Å². The van der Waals surface area contributed by atoms with E-state index in [9.17, 15) is 16.8 Å². The maximum atomic E-state index is 11.1. The van der Waals surface area contributed by atoms with Crippen molar-refractivity contribution in [1.82, 2.24) is 4.72 Å². The average molecular weight is 245 g/mol. The van der Waals surface area contributed by atoms with Gasteiger partial charge < -0.3 is 5.11 Å². The predicted octanol–water partition coefficient (Wildman–Crippen LogP) is -1.67. The van der Waals surface area contributed by atoms with Gasteiger partial charge in [-0.05, 0) is 6.92 Å². The van der Waals surface area contributed by atoms with Crippen molar-refractivity contribution in [2.75, 3.05) is 24.3 Å². The van der Waals surface area contributed by atoms with Crippen molar-refractivity contribution in [3.05, 3.63) is 0 Å². The maximum Gasteiger partial charge on any atom is 0.212 e. The van der Waals surface area contributed by atoms with Crippen molar-refractivity contribution >= 4 is 19.9 Å². The van der Waals surface area contributed by atoms with E-state index in [1.807, 2.05) is 0 Å². The zero-order chi connectivity index (χ0) is 11.4. The van der Waals surface area contributed by atoms with Gasteiger partial charge >= 0.3 is 0 Å². The van der Waals surface area contributed by atoms with Crippen LogP contribution in [0.1, 0.15) is 6.92 Å². The second-order valence-electron chi connectivity index (χ2n) is 3.15. The molecule has 0 aliphatic carbocycles. The summed E-state index contributed by atoms with van der Waals surface area (Å²) in [6, 6.07) is 0. The van der Waals surface area contributed by atoms with Crippen molar-refractivity contribution < 1.29 is 21.9 Å². The van der Waals surface area contributed by atoms with Gasteiger partial charge in [0.05, 0.1) is 17.6 Å². The van der Waals surface area contributed by atoms with E-state index in [4.69, 9.17) is 5.11 Å². The summed E-state index contributed by atoms with van der Waals surface area (Å²) >= 11 is 0. The van der Waals surface area contributed by atoms with Crippen molar-refractivity contribution in [3.63, 3.8) is 0 Å². The quantitative estimate of drug-likeness (QED) is 0.583. The first-order chi connectivity index (χ1) is 6.12. The highest BCUT2D eigenvalue weighted by molar-refractivity contribution is 7.93. The number of rotatable bonds is 6. The van der Waals surface area contributed by atoms with Crippen LogP contribution in [-0.4, -0.2) is 52.4 Å². The number of aliphatic hydroxyl groups excluding tert-OH is 1. The third kappa shape index (κ3) is 8.42. The lowest BCUT2D eigenvalue weighted by Gasteiger charge is -2.07. The Balaban J connectivity index is 4.10. The molecule has 0 bridgehead atoms. The molecular weight excluding hydrogens is 230 g/mol. The van der Waals surface area contributed by atoms with E-state index < -0.39 is 37.5 Å². The Bertz CT molecular complexity index is 356. The molecular formula is C6H15NO5S2. The number of sulfone groups is 1. The first-order valence-electron chi connectivity index (χ1n) is 3.95. The van der Waals surface area contributed by atoms with Crippen LogP contribution in [-0.2, 0) is 19.9 Å². The minimum absolute atomic E-state index is 0.105. The molecule has 14 heavy (non-hydrogen) atoms. The monoisotopic (exact) mass is 245 g/mol. The largest absolute Gasteiger partial charge is 0.392 e. The van der Waals surface area contributed by atoms with Gasteiger partial charge in [-0.25, -0.2) is 21.6 Å². The molecule has 0 aliphatic rings. The van der Waals surface area contributed by atoms with Gasteiger partial charge in [0.15, 0.2) is 0 Å². The number of sulfonamides is 1. The summed E-state index contributed by atoms with van der Waals surface area (Å²) < 4.78 is 45.6. The summed E-state index contributed by atoms with van der Waals surface area (Å²) in [5, 5.41) is 8.80. The second kappa shape index (κ2) is 5.06. The summed E-state index contributed by atoms with van der Waals surface area (Å²) in [6.45, 7) is 1.32. The summed E-state index contributed by atoms with van der Waals surface area (Å²) in [5.41, 5.74) is 0. The Morgan fingerprint density at radius 2 is 1.71 bits per heavy atom. The molecule has 0 fully saturated rings. The molecule has 2 N–H and O–H groups in total. The lowest BCUT2D eigenvalue weighted by atomic mass is 10.4. The molecule has 0 aliphatic heterocycles. The van der Waals surface area contributed by atoms with E-state index in [0.29, 0.717) is 0 Å². The fourth-order valence-electron chi connectivity index (χ4n) is 0.581. The van der Waals surface area contributed by atoms with Crippen LogP contribution >= 0.6 is 0 Å². The van der Waals surface area contributed by atoms with Gasteiger partial charge in [-0.15, -0.1) is 0 Å². The van der Waals surface area contributed by atoms with Crippen molar-refractivity contribution in [2.24, 2.45) is 0 Å². The van der Waals surface area contributed by atoms with E-state index in [1.54, 1.807) is 0 Å². The van der Waals surface area contributed by atoms with E-state index in [2.05, 4.69) is 4.72 Å². The fraction of sp³-hybridized carbons (Fsp3) is 1.00. The molecule has 0 saturated heterocycles. The van der Waals surface area contributed by atoms with E-state index in [0.717, 1.165) is 6.26 Å². The third-order valence-corrected chi connectivity index (χ3v) is 3.87. The van der Waals surface area contributed by atoms with Crippen LogP contribution in [0.4, 0.5) is 0 Å². The van der Waals surface area contributed by atoms with Crippen LogP contribution in [0.2, 0.25) is 0 Å². The normalized spacial score (nSPS) is 15.4. The molecule has 0 saturated carbocycles. The maximum absolute atomic E-state index is 11.1. The highest BCUT2D eigenvalue weighted by atomic mass is 32.2. The van der Waals surface area contributed by atoms with Gasteiger partial charge in [-0.1, -0.05) is 0 Å². The van der Waals surface area contributed by atoms with Gasteiger partial charge in [0.25, 0.3) is 0 Å². The molecule has 0 rings (SSSR count). The molecule has 0 radical (unpaired) electrons. The Hall–Kier alpha value is -0.180. The number of aliphatic hydroxyl groups is 1. The van der Waals surface area contributed by atoms with Crippen molar-refractivity contribution in [1.29, 1.82) is 0 Å². The standard InChI is InChI=1S/C6H15NO5S2/c1-6(8)5-7-14(11,12)4-3-13(2,9)10/h6-8H,3-5H2,1-2H3. The first-order valence-corrected chi connectivity index (χ1v) is 7.67. The average Bonchev–Trinajstić information content (AvgIpc) is 1.97.